The van der Waals surface area contributed by atoms with Gasteiger partial charge in [-0.25, -0.2) is 19.8 Å². The molecule has 0 N–H and O–H groups in total. The van der Waals surface area contributed by atoms with Crippen LogP contribution in [0, 0.1) is 26.1 Å². The Labute approximate surface area is 159 Å². The quantitative estimate of drug-likeness (QED) is 0.522. The number of hydrazone groups is 1. The fraction of sp³-hybridized carbons (Fsp3) is 0.500. The molecule has 1 aromatic carbocycles. The van der Waals surface area contributed by atoms with Gasteiger partial charge in [-0.05, 0) is 24.1 Å². The molecule has 1 unspecified atom stereocenters. The molecule has 0 spiro atoms. The van der Waals surface area contributed by atoms with Gasteiger partial charge < -0.3 is 14.4 Å². The van der Waals surface area contributed by atoms with Gasteiger partial charge in [0.25, 0.3) is 11.6 Å². The zero-order valence-corrected chi connectivity index (χ0v) is 14.9. The lowest BCUT2D eigenvalue weighted by atomic mass is 10.1. The summed E-state index contributed by atoms with van der Waals surface area (Å²) in [6.07, 6.45) is 0.0939. The summed E-state index contributed by atoms with van der Waals surface area (Å²) in [5.74, 6) is 0.179. The van der Waals surface area contributed by atoms with E-state index in [1.165, 1.54) is 24.3 Å². The van der Waals surface area contributed by atoms with Crippen LogP contribution in [0.25, 0.3) is 0 Å². The number of benzene rings is 1. The van der Waals surface area contributed by atoms with Gasteiger partial charge >= 0.3 is 6.09 Å². The molecule has 0 aromatic heterocycles. The summed E-state index contributed by atoms with van der Waals surface area (Å²) < 4.78 is 10.5. The Kier molecular flexibility index (Phi) is 5.99. The lowest BCUT2D eigenvalue weighted by Crippen LogP contribution is -2.40. The zero-order chi connectivity index (χ0) is 20.1. The number of hydrogen-bond donors (Lipinski definition) is 0. The number of nitro benzene ring substituents is 1. The van der Waals surface area contributed by atoms with Gasteiger partial charge in [0.2, 0.25) is 0 Å². The highest BCUT2D eigenvalue weighted by Crippen LogP contribution is 2.19. The molecule has 0 radical (unpaired) electrons. The van der Waals surface area contributed by atoms with E-state index < -0.39 is 16.0 Å². The summed E-state index contributed by atoms with van der Waals surface area (Å²) in [6.45, 7) is 2.26. The minimum Gasteiger partial charge on any atom is -0.444 e. The minimum atomic E-state index is -0.838. The third-order valence-corrected chi connectivity index (χ3v) is 4.52. The molecule has 1 atom stereocenters. The van der Waals surface area contributed by atoms with Gasteiger partial charge in [0, 0.05) is 37.7 Å². The van der Waals surface area contributed by atoms with Gasteiger partial charge in [0.15, 0.2) is 5.03 Å². The van der Waals surface area contributed by atoms with E-state index >= 15 is 0 Å². The van der Waals surface area contributed by atoms with E-state index in [1.807, 2.05) is 0 Å². The van der Waals surface area contributed by atoms with Gasteiger partial charge in [-0.3, -0.25) is 10.1 Å². The molecule has 1 aromatic rings. The molecule has 12 heteroatoms. The SMILES string of the molecule is O=C(OCc1ccc([N+](=O)[O-])cc1)N1CCN(CC2CCOC2)C1=N[N+](=O)[O-]. The molecule has 0 saturated carbocycles. The molecule has 1 amide bonds. The maximum atomic E-state index is 12.4. The summed E-state index contributed by atoms with van der Waals surface area (Å²) in [7, 11) is 0. The van der Waals surface area contributed by atoms with E-state index in [4.69, 9.17) is 9.47 Å². The number of carbonyl (C=O) groups excluding carboxylic acids is 1. The maximum absolute atomic E-state index is 12.4. The van der Waals surface area contributed by atoms with Crippen LogP contribution >= 0.6 is 0 Å². The van der Waals surface area contributed by atoms with Gasteiger partial charge in [0.1, 0.15) is 11.7 Å². The second-order valence-electron chi connectivity index (χ2n) is 6.44. The number of carbonyl (C=O) groups is 1. The number of ether oxygens (including phenoxy) is 2. The Bertz CT molecular complexity index is 776. The topological polar surface area (TPSA) is 141 Å². The van der Waals surface area contributed by atoms with Crippen molar-refractivity contribution in [2.24, 2.45) is 11.0 Å². The van der Waals surface area contributed by atoms with E-state index in [-0.39, 0.29) is 30.7 Å². The molecule has 150 valence electrons. The summed E-state index contributed by atoms with van der Waals surface area (Å²) in [6, 6.07) is 5.58. The second kappa shape index (κ2) is 8.61. The molecule has 3 rings (SSSR count). The smallest absolute Gasteiger partial charge is 0.417 e. The first kappa shape index (κ1) is 19.5. The summed E-state index contributed by atoms with van der Waals surface area (Å²) in [5.41, 5.74) is 0.493. The average molecular weight is 393 g/mol. The molecule has 2 heterocycles. The maximum Gasteiger partial charge on any atom is 0.417 e. The van der Waals surface area contributed by atoms with Crippen molar-refractivity contribution in [3.8, 4) is 0 Å². The van der Waals surface area contributed by atoms with Crippen molar-refractivity contribution < 1.29 is 24.2 Å². The predicted molar refractivity (Wildman–Crippen MR) is 94.9 cm³/mol. The van der Waals surface area contributed by atoms with Crippen molar-refractivity contribution in [3.63, 3.8) is 0 Å². The molecule has 0 aliphatic carbocycles. The fourth-order valence-corrected chi connectivity index (χ4v) is 3.10. The van der Waals surface area contributed by atoms with Crippen LogP contribution in [-0.4, -0.2) is 64.7 Å². The Morgan fingerprint density at radius 2 is 2.00 bits per heavy atom. The largest absolute Gasteiger partial charge is 0.444 e. The Hall–Kier alpha value is -3.28. The van der Waals surface area contributed by atoms with Crippen LogP contribution in [-0.2, 0) is 16.1 Å². The number of non-ortho nitro benzene ring substituents is 1. The van der Waals surface area contributed by atoms with Gasteiger partial charge in [-0.15, -0.1) is 0 Å². The summed E-state index contributed by atoms with van der Waals surface area (Å²) >= 11 is 0. The van der Waals surface area contributed by atoms with Crippen LogP contribution in [0.15, 0.2) is 29.4 Å². The molecule has 2 saturated heterocycles. The lowest BCUT2D eigenvalue weighted by Gasteiger charge is -2.21. The number of amides is 1. The first-order valence-corrected chi connectivity index (χ1v) is 8.67. The van der Waals surface area contributed by atoms with Crippen LogP contribution in [0.2, 0.25) is 0 Å². The first-order valence-electron chi connectivity index (χ1n) is 8.67. The Morgan fingerprint density at radius 1 is 1.25 bits per heavy atom. The molecule has 0 bridgehead atoms. The van der Waals surface area contributed by atoms with Crippen LogP contribution in [0.1, 0.15) is 12.0 Å². The number of nitro groups is 2. The summed E-state index contributed by atoms with van der Waals surface area (Å²) in [4.78, 5) is 36.3. The monoisotopic (exact) mass is 393 g/mol. The van der Waals surface area contributed by atoms with Gasteiger partial charge in [0.05, 0.1) is 18.1 Å². The van der Waals surface area contributed by atoms with Crippen molar-refractivity contribution in [2.75, 3.05) is 32.8 Å². The Balaban J connectivity index is 1.62. The van der Waals surface area contributed by atoms with E-state index in [1.54, 1.807) is 4.90 Å². The number of rotatable bonds is 6. The van der Waals surface area contributed by atoms with Crippen molar-refractivity contribution in [1.82, 2.24) is 9.80 Å². The van der Waals surface area contributed by atoms with Crippen molar-refractivity contribution in [2.45, 2.75) is 13.0 Å². The van der Waals surface area contributed by atoms with Crippen LogP contribution < -0.4 is 0 Å². The highest BCUT2D eigenvalue weighted by atomic mass is 16.7. The molecule has 28 heavy (non-hydrogen) atoms. The normalized spacial score (nSPS) is 20.6. The number of guanidine groups is 1. The highest BCUT2D eigenvalue weighted by molar-refractivity contribution is 5.95. The first-order chi connectivity index (χ1) is 13.4. The van der Waals surface area contributed by atoms with Crippen LogP contribution in [0.4, 0.5) is 10.5 Å². The molecule has 2 aliphatic rings. The number of hydrogen-bond acceptors (Lipinski definition) is 7. The van der Waals surface area contributed by atoms with E-state index in [0.29, 0.717) is 31.9 Å². The molecular weight excluding hydrogens is 374 g/mol. The average Bonchev–Trinajstić information content (AvgIpc) is 3.31. The standard InChI is InChI=1S/C16H19N5O7/c22-16(28-11-12-1-3-14(4-2-12)20(23)24)19-7-6-18(15(19)17-21(25)26)9-13-5-8-27-10-13/h1-4,13H,5-11H2. The molecule has 2 fully saturated rings. The van der Waals surface area contributed by atoms with E-state index in [2.05, 4.69) is 5.10 Å². The van der Waals surface area contributed by atoms with Gasteiger partial charge in [-0.2, -0.15) is 0 Å². The third kappa shape index (κ3) is 4.71. The van der Waals surface area contributed by atoms with Crippen LogP contribution in [0.5, 0.6) is 0 Å². The molecule has 2 aliphatic heterocycles. The Morgan fingerprint density at radius 3 is 2.61 bits per heavy atom. The van der Waals surface area contributed by atoms with Gasteiger partial charge in [-0.1, -0.05) is 0 Å². The third-order valence-electron chi connectivity index (χ3n) is 4.52. The zero-order valence-electron chi connectivity index (χ0n) is 14.9. The number of nitrogens with zero attached hydrogens (tertiary/aromatic N) is 5. The predicted octanol–water partition coefficient (Wildman–Crippen LogP) is 1.43. The van der Waals surface area contributed by atoms with Crippen molar-refractivity contribution in [3.05, 3.63) is 50.1 Å². The molecule has 12 nitrogen and oxygen atoms in total. The lowest BCUT2D eigenvalue weighted by molar-refractivity contribution is -0.486. The minimum absolute atomic E-state index is 0.0504. The van der Waals surface area contributed by atoms with Crippen molar-refractivity contribution in [1.29, 1.82) is 0 Å². The van der Waals surface area contributed by atoms with Crippen LogP contribution in [0.3, 0.4) is 0 Å². The van der Waals surface area contributed by atoms with E-state index in [9.17, 15) is 25.0 Å². The summed E-state index contributed by atoms with van der Waals surface area (Å²) in [5, 5.41) is 24.1. The fourth-order valence-electron chi connectivity index (χ4n) is 3.10. The van der Waals surface area contributed by atoms with Crippen molar-refractivity contribution >= 4 is 17.7 Å². The molecular formula is C16H19N5O7. The van der Waals surface area contributed by atoms with E-state index in [0.717, 1.165) is 11.3 Å². The highest BCUT2D eigenvalue weighted by Gasteiger charge is 2.36. The second-order valence-corrected chi connectivity index (χ2v) is 6.44.